The van der Waals surface area contributed by atoms with Gasteiger partial charge >= 0.3 is 32.7 Å². The molecule has 0 aliphatic rings. The number of phenolic OH excluding ortho intramolecular Hbond substituents is 2. The molecule has 2 N–H and O–H groups in total. The standard InChI is InChI=1S/C9H9O3.Y/c1-5-3-7(6(2)10)9(12)4-8(5)11;/h4,11-12H,1-2H3;/q-1;+3. The molecule has 0 radical (unpaired) electrons. The van der Waals surface area contributed by atoms with Crippen molar-refractivity contribution in [2.45, 2.75) is 13.8 Å². The molecule has 0 aromatic heterocycles. The minimum absolute atomic E-state index is 0. The minimum atomic E-state index is -0.268. The van der Waals surface area contributed by atoms with E-state index < -0.39 is 0 Å². The zero-order valence-corrected chi connectivity index (χ0v) is 10.3. The second-order valence-corrected chi connectivity index (χ2v) is 2.60. The van der Waals surface area contributed by atoms with Crippen LogP contribution in [0.4, 0.5) is 0 Å². The number of benzene rings is 1. The molecular weight excluding hydrogens is 245 g/mol. The van der Waals surface area contributed by atoms with E-state index in [4.69, 9.17) is 5.11 Å². The first-order valence-electron chi connectivity index (χ1n) is 3.48. The first kappa shape index (κ1) is 12.6. The maximum Gasteiger partial charge on any atom is 3.00 e. The summed E-state index contributed by atoms with van der Waals surface area (Å²) in [5.41, 5.74) is 0.573. The average Bonchev–Trinajstić information content (AvgIpc) is 1.96. The van der Waals surface area contributed by atoms with Gasteiger partial charge in [0.1, 0.15) is 0 Å². The molecule has 64 valence electrons. The quantitative estimate of drug-likeness (QED) is 0.588. The monoisotopic (exact) mass is 254 g/mol. The third-order valence-corrected chi connectivity index (χ3v) is 1.58. The topological polar surface area (TPSA) is 57.5 Å². The van der Waals surface area contributed by atoms with Crippen molar-refractivity contribution in [3.63, 3.8) is 0 Å². The van der Waals surface area contributed by atoms with E-state index in [1.807, 2.05) is 0 Å². The van der Waals surface area contributed by atoms with Gasteiger partial charge in [-0.2, -0.15) is 0 Å². The Balaban J connectivity index is 0.00000144. The normalized spacial score (nSPS) is 9.08. The maximum atomic E-state index is 10.9. The summed E-state index contributed by atoms with van der Waals surface area (Å²) in [6, 6.07) is 3.74. The van der Waals surface area contributed by atoms with Crippen molar-refractivity contribution >= 4 is 5.78 Å². The molecule has 0 amide bonds. The molecule has 0 bridgehead atoms. The first-order valence-corrected chi connectivity index (χ1v) is 3.48. The summed E-state index contributed by atoms with van der Waals surface area (Å²) in [6.07, 6.45) is 0. The summed E-state index contributed by atoms with van der Waals surface area (Å²) in [6.45, 7) is 2.95. The Hall–Kier alpha value is -0.406. The van der Waals surface area contributed by atoms with E-state index in [9.17, 15) is 9.90 Å². The van der Waals surface area contributed by atoms with Crippen molar-refractivity contribution in [1.82, 2.24) is 0 Å². The van der Waals surface area contributed by atoms with Crippen LogP contribution in [0.5, 0.6) is 11.5 Å². The van der Waals surface area contributed by atoms with Crippen molar-refractivity contribution < 1.29 is 47.7 Å². The van der Waals surface area contributed by atoms with Gasteiger partial charge in [0.25, 0.3) is 0 Å². The summed E-state index contributed by atoms with van der Waals surface area (Å²) in [5, 5.41) is 18.3. The van der Waals surface area contributed by atoms with E-state index in [1.54, 1.807) is 6.92 Å². The van der Waals surface area contributed by atoms with E-state index in [1.165, 1.54) is 6.92 Å². The summed E-state index contributed by atoms with van der Waals surface area (Å²) >= 11 is 0. The number of rotatable bonds is 1. The van der Waals surface area contributed by atoms with Crippen molar-refractivity contribution in [2.24, 2.45) is 0 Å². The van der Waals surface area contributed by atoms with Crippen molar-refractivity contribution in [2.75, 3.05) is 0 Å². The second kappa shape index (κ2) is 4.73. The fourth-order valence-electron chi connectivity index (χ4n) is 0.894. The van der Waals surface area contributed by atoms with Gasteiger partial charge in [0.15, 0.2) is 0 Å². The van der Waals surface area contributed by atoms with Gasteiger partial charge in [0.2, 0.25) is 0 Å². The molecule has 0 saturated heterocycles. The average molecular weight is 254 g/mol. The maximum absolute atomic E-state index is 10.9. The van der Waals surface area contributed by atoms with Gasteiger partial charge < -0.3 is 15.0 Å². The van der Waals surface area contributed by atoms with Gasteiger partial charge in [-0.3, -0.25) is 0 Å². The van der Waals surface area contributed by atoms with E-state index in [0.717, 1.165) is 6.07 Å². The molecule has 0 aliphatic carbocycles. The molecule has 1 rings (SSSR count). The Morgan fingerprint density at radius 3 is 2.38 bits per heavy atom. The van der Waals surface area contributed by atoms with Crippen LogP contribution < -0.4 is 0 Å². The molecule has 4 heteroatoms. The molecule has 0 atom stereocenters. The number of hydrogen-bond acceptors (Lipinski definition) is 3. The van der Waals surface area contributed by atoms with Crippen LogP contribution in [0.1, 0.15) is 22.8 Å². The summed E-state index contributed by atoms with van der Waals surface area (Å²) in [7, 11) is 0. The third kappa shape index (κ3) is 2.78. The molecule has 0 saturated carbocycles. The molecule has 0 heterocycles. The van der Waals surface area contributed by atoms with Crippen LogP contribution in [0, 0.1) is 13.0 Å². The Kier molecular flexibility index (Phi) is 4.58. The summed E-state index contributed by atoms with van der Waals surface area (Å²) in [5.74, 6) is -0.557. The number of aryl methyl sites for hydroxylation is 1. The van der Waals surface area contributed by atoms with Crippen molar-refractivity contribution in [1.29, 1.82) is 0 Å². The molecule has 3 nitrogen and oxygen atoms in total. The summed E-state index contributed by atoms with van der Waals surface area (Å²) < 4.78 is 0. The van der Waals surface area contributed by atoms with Crippen molar-refractivity contribution in [3.8, 4) is 11.5 Å². The Labute approximate surface area is 102 Å². The molecule has 1 aromatic carbocycles. The largest absolute Gasteiger partial charge is 3.00 e. The van der Waals surface area contributed by atoms with Gasteiger partial charge in [0.05, 0.1) is 5.78 Å². The predicted octanol–water partition coefficient (Wildman–Crippen LogP) is 1.41. The minimum Gasteiger partial charge on any atom is -0.551 e. The van der Waals surface area contributed by atoms with E-state index in [-0.39, 0.29) is 55.6 Å². The zero-order chi connectivity index (χ0) is 9.30. The second-order valence-electron chi connectivity index (χ2n) is 2.60. The molecular formula is C9H9O3Y+2. The fourth-order valence-corrected chi connectivity index (χ4v) is 0.894. The van der Waals surface area contributed by atoms with Gasteiger partial charge in [-0.15, -0.1) is 6.07 Å². The predicted molar refractivity (Wildman–Crippen MR) is 43.3 cm³/mol. The van der Waals surface area contributed by atoms with Crippen LogP contribution in [0.25, 0.3) is 0 Å². The third-order valence-electron chi connectivity index (χ3n) is 1.58. The smallest absolute Gasteiger partial charge is 0.551 e. The van der Waals surface area contributed by atoms with Crippen molar-refractivity contribution in [3.05, 3.63) is 23.3 Å². The van der Waals surface area contributed by atoms with E-state index in [2.05, 4.69) is 6.07 Å². The number of carbonyl (C=O) groups is 1. The fraction of sp³-hybridized carbons (Fsp3) is 0.222. The van der Waals surface area contributed by atoms with Gasteiger partial charge in [0, 0.05) is 11.5 Å². The Morgan fingerprint density at radius 1 is 1.38 bits per heavy atom. The molecule has 1 aromatic rings. The van der Waals surface area contributed by atoms with E-state index >= 15 is 0 Å². The summed E-state index contributed by atoms with van der Waals surface area (Å²) in [4.78, 5) is 10.9. The zero-order valence-electron chi connectivity index (χ0n) is 7.46. The molecule has 0 spiro atoms. The number of carbonyl (C=O) groups excluding carboxylic acids is 1. The van der Waals surface area contributed by atoms with Gasteiger partial charge in [-0.1, -0.05) is 24.1 Å². The Morgan fingerprint density at radius 2 is 1.92 bits per heavy atom. The van der Waals surface area contributed by atoms with Crippen LogP contribution in [0.2, 0.25) is 0 Å². The molecule has 0 aliphatic heterocycles. The molecule has 0 unspecified atom stereocenters. The van der Waals surface area contributed by atoms with Crippen LogP contribution >= 0.6 is 0 Å². The van der Waals surface area contributed by atoms with Crippen LogP contribution in [-0.2, 0) is 32.7 Å². The SMILES string of the molecule is CC(=O)c1[c-]c(C)c(O)cc1O.[Y+3]. The van der Waals surface area contributed by atoms with Gasteiger partial charge in [-0.25, -0.2) is 0 Å². The van der Waals surface area contributed by atoms with E-state index in [0.29, 0.717) is 5.56 Å². The number of aromatic hydroxyl groups is 2. The number of phenols is 2. The van der Waals surface area contributed by atoms with Crippen LogP contribution in [0.3, 0.4) is 0 Å². The van der Waals surface area contributed by atoms with Crippen LogP contribution in [0.15, 0.2) is 6.07 Å². The van der Waals surface area contributed by atoms with Gasteiger partial charge in [-0.05, 0) is 6.92 Å². The Bertz CT molecular complexity index is 334. The number of Topliss-reactive ketones (excluding diaryl/α,β-unsaturated/α-hetero) is 1. The molecule has 13 heavy (non-hydrogen) atoms. The number of ketones is 1. The molecule has 0 fully saturated rings. The number of hydrogen-bond donors (Lipinski definition) is 2. The first-order chi connectivity index (χ1) is 5.52. The van der Waals surface area contributed by atoms with Crippen LogP contribution in [-0.4, -0.2) is 16.0 Å².